The molecule has 0 radical (unpaired) electrons. The summed E-state index contributed by atoms with van der Waals surface area (Å²) in [5, 5.41) is 0. The van der Waals surface area contributed by atoms with Crippen LogP contribution in [0, 0.1) is 6.92 Å². The summed E-state index contributed by atoms with van der Waals surface area (Å²) >= 11 is 0. The molecule has 0 fully saturated rings. The number of Topliss-reactive ketones (excluding diaryl/α,β-unsaturated/α-hetero) is 1. The first-order valence-corrected chi connectivity index (χ1v) is 7.49. The van der Waals surface area contributed by atoms with Crippen molar-refractivity contribution in [1.82, 2.24) is 4.57 Å². The number of carbonyl (C=O) groups is 1. The number of carbonyl (C=O) groups excluding carboxylic acids is 1. The Bertz CT molecular complexity index is 634. The third kappa shape index (κ3) is 2.31. The minimum absolute atomic E-state index is 0.314. The zero-order valence-electron chi connectivity index (χ0n) is 12.3. The average Bonchev–Trinajstić information content (AvgIpc) is 2.78. The molecule has 0 atom stereocenters. The molecule has 1 heterocycles. The van der Waals surface area contributed by atoms with Crippen LogP contribution in [0.4, 0.5) is 0 Å². The number of benzene rings is 1. The number of fused-ring (bicyclic) bond motifs is 1. The molecular formula is C18H21NO. The SMILES string of the molecule is CCc1ccc(Cn2c(C)cc3c2CCCC3=O)cc1. The number of nitrogens with zero attached hydrogens (tertiary/aromatic N) is 1. The van der Waals surface area contributed by atoms with Crippen molar-refractivity contribution in [3.05, 3.63) is 58.4 Å². The van der Waals surface area contributed by atoms with Crippen molar-refractivity contribution >= 4 is 5.78 Å². The van der Waals surface area contributed by atoms with E-state index >= 15 is 0 Å². The Kier molecular flexibility index (Phi) is 3.47. The Balaban J connectivity index is 1.92. The predicted molar refractivity (Wildman–Crippen MR) is 81.4 cm³/mol. The van der Waals surface area contributed by atoms with Gasteiger partial charge in [-0.2, -0.15) is 0 Å². The van der Waals surface area contributed by atoms with E-state index in [2.05, 4.69) is 48.7 Å². The summed E-state index contributed by atoms with van der Waals surface area (Å²) in [4.78, 5) is 12.0. The van der Waals surface area contributed by atoms with Gasteiger partial charge in [0.1, 0.15) is 0 Å². The average molecular weight is 267 g/mol. The molecule has 1 aliphatic rings. The zero-order chi connectivity index (χ0) is 14.1. The van der Waals surface area contributed by atoms with Crippen LogP contribution in [0.5, 0.6) is 0 Å². The number of aromatic nitrogens is 1. The summed E-state index contributed by atoms with van der Waals surface area (Å²) in [6, 6.07) is 10.9. The van der Waals surface area contributed by atoms with E-state index in [9.17, 15) is 4.79 Å². The molecule has 0 spiro atoms. The molecule has 104 valence electrons. The fourth-order valence-electron chi connectivity index (χ4n) is 3.07. The van der Waals surface area contributed by atoms with E-state index < -0.39 is 0 Å². The first-order valence-electron chi connectivity index (χ1n) is 7.49. The second-order valence-corrected chi connectivity index (χ2v) is 5.68. The normalized spacial score (nSPS) is 14.4. The highest BCUT2D eigenvalue weighted by atomic mass is 16.1. The Morgan fingerprint density at radius 3 is 2.50 bits per heavy atom. The fraction of sp³-hybridized carbons (Fsp3) is 0.389. The third-order valence-electron chi connectivity index (χ3n) is 4.31. The molecule has 2 aromatic rings. The van der Waals surface area contributed by atoms with Crippen LogP contribution < -0.4 is 0 Å². The summed E-state index contributed by atoms with van der Waals surface area (Å²) in [7, 11) is 0. The lowest BCUT2D eigenvalue weighted by Gasteiger charge is -2.16. The molecule has 0 saturated heterocycles. The van der Waals surface area contributed by atoms with Crippen LogP contribution in [0.15, 0.2) is 30.3 Å². The standard InChI is InChI=1S/C18H21NO/c1-3-14-7-9-15(10-8-14)12-19-13(2)11-16-17(19)5-4-6-18(16)20/h7-11H,3-6,12H2,1-2H3. The highest BCUT2D eigenvalue weighted by Gasteiger charge is 2.22. The van der Waals surface area contributed by atoms with Crippen LogP contribution in [0.25, 0.3) is 0 Å². The van der Waals surface area contributed by atoms with Crippen LogP contribution in [0.2, 0.25) is 0 Å². The lowest BCUT2D eigenvalue weighted by molar-refractivity contribution is 0.0972. The van der Waals surface area contributed by atoms with E-state index in [1.165, 1.54) is 22.5 Å². The Morgan fingerprint density at radius 1 is 1.10 bits per heavy atom. The molecule has 2 nitrogen and oxygen atoms in total. The van der Waals surface area contributed by atoms with Crippen molar-refractivity contribution in [1.29, 1.82) is 0 Å². The van der Waals surface area contributed by atoms with Gasteiger partial charge in [-0.15, -0.1) is 0 Å². The number of aryl methyl sites for hydroxylation is 2. The monoisotopic (exact) mass is 267 g/mol. The van der Waals surface area contributed by atoms with E-state index in [0.29, 0.717) is 12.2 Å². The highest BCUT2D eigenvalue weighted by Crippen LogP contribution is 2.25. The summed E-state index contributed by atoms with van der Waals surface area (Å²) in [6.07, 6.45) is 3.81. The maximum atomic E-state index is 12.0. The molecule has 1 aliphatic carbocycles. The molecule has 0 aliphatic heterocycles. The van der Waals surface area contributed by atoms with Crippen molar-refractivity contribution in [2.75, 3.05) is 0 Å². The van der Waals surface area contributed by atoms with Crippen LogP contribution in [-0.2, 0) is 19.4 Å². The summed E-state index contributed by atoms with van der Waals surface area (Å²) in [6.45, 7) is 5.15. The maximum absolute atomic E-state index is 12.0. The second kappa shape index (κ2) is 5.28. The predicted octanol–water partition coefficient (Wildman–Crippen LogP) is 3.93. The molecular weight excluding hydrogens is 246 g/mol. The van der Waals surface area contributed by atoms with Crippen LogP contribution in [-0.4, -0.2) is 10.4 Å². The Labute approximate surface area is 120 Å². The molecule has 1 aromatic heterocycles. The van der Waals surface area contributed by atoms with Crippen molar-refractivity contribution in [2.45, 2.75) is 46.1 Å². The van der Waals surface area contributed by atoms with E-state index in [1.807, 2.05) is 0 Å². The summed E-state index contributed by atoms with van der Waals surface area (Å²) < 4.78 is 2.31. The van der Waals surface area contributed by atoms with Gasteiger partial charge in [0.05, 0.1) is 0 Å². The number of hydrogen-bond donors (Lipinski definition) is 0. The van der Waals surface area contributed by atoms with Gasteiger partial charge in [-0.3, -0.25) is 4.79 Å². The van der Waals surface area contributed by atoms with Gasteiger partial charge in [0.2, 0.25) is 0 Å². The van der Waals surface area contributed by atoms with Gasteiger partial charge in [0, 0.05) is 29.9 Å². The summed E-state index contributed by atoms with van der Waals surface area (Å²) in [5.74, 6) is 0.314. The quantitative estimate of drug-likeness (QED) is 0.826. The first-order chi connectivity index (χ1) is 9.69. The smallest absolute Gasteiger partial charge is 0.164 e. The molecule has 0 amide bonds. The number of ketones is 1. The molecule has 20 heavy (non-hydrogen) atoms. The van der Waals surface area contributed by atoms with E-state index in [1.54, 1.807) is 0 Å². The Morgan fingerprint density at radius 2 is 1.80 bits per heavy atom. The second-order valence-electron chi connectivity index (χ2n) is 5.68. The minimum Gasteiger partial charge on any atom is -0.344 e. The highest BCUT2D eigenvalue weighted by molar-refractivity contribution is 5.98. The van der Waals surface area contributed by atoms with Crippen LogP contribution in [0.3, 0.4) is 0 Å². The topological polar surface area (TPSA) is 22.0 Å². The van der Waals surface area contributed by atoms with Gasteiger partial charge in [0.15, 0.2) is 5.78 Å². The van der Waals surface area contributed by atoms with E-state index in [0.717, 1.165) is 31.4 Å². The van der Waals surface area contributed by atoms with Gasteiger partial charge in [-0.1, -0.05) is 31.2 Å². The molecule has 2 heteroatoms. The third-order valence-corrected chi connectivity index (χ3v) is 4.31. The lowest BCUT2D eigenvalue weighted by Crippen LogP contribution is -2.14. The van der Waals surface area contributed by atoms with Crippen molar-refractivity contribution in [3.63, 3.8) is 0 Å². The molecule has 1 aromatic carbocycles. The number of hydrogen-bond acceptors (Lipinski definition) is 1. The zero-order valence-corrected chi connectivity index (χ0v) is 12.3. The molecule has 3 rings (SSSR count). The largest absolute Gasteiger partial charge is 0.344 e. The van der Waals surface area contributed by atoms with Crippen molar-refractivity contribution in [2.24, 2.45) is 0 Å². The molecule has 0 N–H and O–H groups in total. The van der Waals surface area contributed by atoms with E-state index in [4.69, 9.17) is 0 Å². The minimum atomic E-state index is 0.314. The van der Waals surface area contributed by atoms with Gasteiger partial charge in [-0.25, -0.2) is 0 Å². The number of rotatable bonds is 3. The van der Waals surface area contributed by atoms with Crippen LogP contribution >= 0.6 is 0 Å². The summed E-state index contributed by atoms with van der Waals surface area (Å²) in [5.41, 5.74) is 6.07. The van der Waals surface area contributed by atoms with E-state index in [-0.39, 0.29) is 0 Å². The molecule has 0 bridgehead atoms. The van der Waals surface area contributed by atoms with Crippen LogP contribution in [0.1, 0.15) is 52.6 Å². The van der Waals surface area contributed by atoms with Gasteiger partial charge in [-0.05, 0) is 43.4 Å². The maximum Gasteiger partial charge on any atom is 0.164 e. The molecule has 0 saturated carbocycles. The molecule has 0 unspecified atom stereocenters. The first kappa shape index (κ1) is 13.2. The van der Waals surface area contributed by atoms with Gasteiger partial charge in [0.25, 0.3) is 0 Å². The fourth-order valence-corrected chi connectivity index (χ4v) is 3.07. The van der Waals surface area contributed by atoms with Crippen molar-refractivity contribution < 1.29 is 4.79 Å². The van der Waals surface area contributed by atoms with Gasteiger partial charge >= 0.3 is 0 Å². The van der Waals surface area contributed by atoms with Gasteiger partial charge < -0.3 is 4.57 Å². The van der Waals surface area contributed by atoms with Crippen molar-refractivity contribution in [3.8, 4) is 0 Å². The lowest BCUT2D eigenvalue weighted by atomic mass is 9.96. The Hall–Kier alpha value is -1.83.